The lowest BCUT2D eigenvalue weighted by atomic mass is 9.90. The molecule has 1 aliphatic rings. The molecule has 0 radical (unpaired) electrons. The average molecular weight is 311 g/mol. The Labute approximate surface area is 135 Å². The topological polar surface area (TPSA) is 66.6 Å². The molecule has 0 atom stereocenters. The van der Waals surface area contributed by atoms with E-state index >= 15 is 0 Å². The molecule has 1 aliphatic heterocycles. The number of amides is 2. The lowest BCUT2D eigenvalue weighted by Gasteiger charge is -2.41. The maximum atomic E-state index is 12.3. The van der Waals surface area contributed by atoms with Crippen molar-refractivity contribution in [1.82, 2.24) is 9.80 Å². The second-order valence-electron chi connectivity index (χ2n) is 8.50. The minimum Gasteiger partial charge on any atom is -0.369 e. The van der Waals surface area contributed by atoms with Gasteiger partial charge in [-0.25, -0.2) is 0 Å². The van der Waals surface area contributed by atoms with Crippen molar-refractivity contribution in [2.75, 3.05) is 26.2 Å². The second kappa shape index (κ2) is 6.99. The van der Waals surface area contributed by atoms with Gasteiger partial charge in [0.05, 0.1) is 6.54 Å². The molecule has 1 fully saturated rings. The number of piperidine rings is 1. The van der Waals surface area contributed by atoms with E-state index in [0.717, 1.165) is 32.5 Å². The third kappa shape index (κ3) is 5.59. The fraction of sp³-hybridized carbons (Fsp3) is 0.882. The third-order valence-corrected chi connectivity index (χ3v) is 4.32. The van der Waals surface area contributed by atoms with Crippen molar-refractivity contribution in [3.05, 3.63) is 0 Å². The zero-order chi connectivity index (χ0) is 17.1. The van der Waals surface area contributed by atoms with Crippen LogP contribution in [0.4, 0.5) is 0 Å². The molecule has 0 aliphatic carbocycles. The molecule has 2 N–H and O–H groups in total. The Morgan fingerprint density at radius 3 is 1.95 bits per heavy atom. The Hall–Kier alpha value is -1.10. The number of rotatable bonds is 4. The minimum absolute atomic E-state index is 0.0760. The summed E-state index contributed by atoms with van der Waals surface area (Å²) in [5.74, 6) is 0.466. The largest absolute Gasteiger partial charge is 0.369 e. The quantitative estimate of drug-likeness (QED) is 0.861. The summed E-state index contributed by atoms with van der Waals surface area (Å²) in [5, 5.41) is 0. The first-order valence-corrected chi connectivity index (χ1v) is 8.24. The minimum atomic E-state index is -0.309. The van der Waals surface area contributed by atoms with Crippen LogP contribution in [0.2, 0.25) is 0 Å². The van der Waals surface area contributed by atoms with Crippen LogP contribution in [0.15, 0.2) is 0 Å². The number of carbonyl (C=O) groups is 2. The molecule has 1 saturated heterocycles. The molecule has 0 aromatic rings. The van der Waals surface area contributed by atoms with E-state index < -0.39 is 0 Å². The van der Waals surface area contributed by atoms with E-state index in [1.807, 2.05) is 25.7 Å². The van der Waals surface area contributed by atoms with Crippen molar-refractivity contribution in [2.45, 2.75) is 59.9 Å². The van der Waals surface area contributed by atoms with E-state index in [4.69, 9.17) is 5.73 Å². The van der Waals surface area contributed by atoms with Crippen molar-refractivity contribution in [1.29, 1.82) is 0 Å². The molecule has 0 bridgehead atoms. The summed E-state index contributed by atoms with van der Waals surface area (Å²) >= 11 is 0. The lowest BCUT2D eigenvalue weighted by molar-refractivity contribution is -0.141. The Kier molecular flexibility index (Phi) is 6.02. The van der Waals surface area contributed by atoms with Gasteiger partial charge in [0.15, 0.2) is 0 Å². The van der Waals surface area contributed by atoms with Crippen molar-refractivity contribution in [3.63, 3.8) is 0 Å². The van der Waals surface area contributed by atoms with E-state index in [-0.39, 0.29) is 22.8 Å². The molecular formula is C17H33N3O2. The molecule has 0 unspecified atom stereocenters. The van der Waals surface area contributed by atoms with Crippen molar-refractivity contribution >= 4 is 11.8 Å². The molecule has 5 nitrogen and oxygen atoms in total. The smallest absolute Gasteiger partial charge is 0.231 e. The van der Waals surface area contributed by atoms with Crippen LogP contribution in [0.25, 0.3) is 0 Å². The zero-order valence-electron chi connectivity index (χ0n) is 15.1. The fourth-order valence-electron chi connectivity index (χ4n) is 2.87. The van der Waals surface area contributed by atoms with E-state index in [2.05, 4.69) is 25.7 Å². The highest BCUT2D eigenvalue weighted by molar-refractivity contribution is 5.81. The predicted octanol–water partition coefficient (Wildman–Crippen LogP) is 1.86. The van der Waals surface area contributed by atoms with Gasteiger partial charge in [-0.1, -0.05) is 20.8 Å². The van der Waals surface area contributed by atoms with Gasteiger partial charge in [-0.05, 0) is 39.5 Å². The van der Waals surface area contributed by atoms with Crippen molar-refractivity contribution in [2.24, 2.45) is 17.1 Å². The zero-order valence-corrected chi connectivity index (χ0v) is 15.1. The molecule has 0 aromatic carbocycles. The van der Waals surface area contributed by atoms with E-state index in [0.29, 0.717) is 12.5 Å². The van der Waals surface area contributed by atoms with Crippen molar-refractivity contribution < 1.29 is 9.59 Å². The molecule has 2 amide bonds. The van der Waals surface area contributed by atoms with Crippen LogP contribution in [0.1, 0.15) is 54.4 Å². The molecule has 5 heteroatoms. The molecule has 22 heavy (non-hydrogen) atoms. The first kappa shape index (κ1) is 18.9. The van der Waals surface area contributed by atoms with Gasteiger partial charge in [-0.15, -0.1) is 0 Å². The fourth-order valence-corrected chi connectivity index (χ4v) is 2.87. The van der Waals surface area contributed by atoms with E-state index in [1.54, 1.807) is 0 Å². The maximum Gasteiger partial charge on any atom is 0.231 e. The van der Waals surface area contributed by atoms with Crippen LogP contribution in [0.5, 0.6) is 0 Å². The number of primary amides is 1. The molecule has 0 saturated carbocycles. The van der Waals surface area contributed by atoms with Crippen LogP contribution in [-0.4, -0.2) is 53.3 Å². The van der Waals surface area contributed by atoms with Crippen LogP contribution in [0, 0.1) is 11.3 Å². The SMILES string of the molecule is CC(C)(C)C(=O)N1CCC(CN(CC(N)=O)C(C)(C)C)CC1. The van der Waals surface area contributed by atoms with Gasteiger partial charge in [-0.2, -0.15) is 0 Å². The standard InChI is InChI=1S/C17H33N3O2/c1-16(2,3)15(22)19-9-7-13(8-10-19)11-20(12-14(18)21)17(4,5)6/h13H,7-12H2,1-6H3,(H2,18,21). The van der Waals surface area contributed by atoms with Gasteiger partial charge in [0.1, 0.15) is 0 Å². The third-order valence-electron chi connectivity index (χ3n) is 4.32. The molecule has 1 rings (SSSR count). The number of nitrogens with zero attached hydrogens (tertiary/aromatic N) is 2. The predicted molar refractivity (Wildman–Crippen MR) is 89.3 cm³/mol. The number of carbonyl (C=O) groups excluding carboxylic acids is 2. The Morgan fingerprint density at radius 2 is 1.59 bits per heavy atom. The monoisotopic (exact) mass is 311 g/mol. The summed E-state index contributed by atoms with van der Waals surface area (Å²) < 4.78 is 0. The lowest BCUT2D eigenvalue weighted by Crippen LogP contribution is -2.50. The summed E-state index contributed by atoms with van der Waals surface area (Å²) in [6.07, 6.45) is 1.99. The van der Waals surface area contributed by atoms with Crippen LogP contribution in [-0.2, 0) is 9.59 Å². The van der Waals surface area contributed by atoms with Crippen LogP contribution < -0.4 is 5.73 Å². The molecule has 1 heterocycles. The van der Waals surface area contributed by atoms with Crippen LogP contribution >= 0.6 is 0 Å². The Morgan fingerprint density at radius 1 is 1.09 bits per heavy atom. The molecule has 0 aromatic heterocycles. The summed E-state index contributed by atoms with van der Waals surface area (Å²) in [7, 11) is 0. The highest BCUT2D eigenvalue weighted by atomic mass is 16.2. The summed E-state index contributed by atoms with van der Waals surface area (Å²) in [6, 6.07) is 0. The van der Waals surface area contributed by atoms with Crippen molar-refractivity contribution in [3.8, 4) is 0 Å². The normalized spacial score (nSPS) is 17.9. The van der Waals surface area contributed by atoms with Gasteiger partial charge < -0.3 is 10.6 Å². The van der Waals surface area contributed by atoms with Gasteiger partial charge in [-0.3, -0.25) is 14.5 Å². The molecule has 0 spiro atoms. The van der Waals surface area contributed by atoms with Crippen LogP contribution in [0.3, 0.4) is 0 Å². The number of hydrogen-bond donors (Lipinski definition) is 1. The second-order valence-corrected chi connectivity index (χ2v) is 8.50. The Bertz CT molecular complexity index is 399. The number of hydrogen-bond acceptors (Lipinski definition) is 3. The number of likely N-dealkylation sites (tertiary alicyclic amines) is 1. The maximum absolute atomic E-state index is 12.3. The first-order chi connectivity index (χ1) is 9.91. The number of nitrogens with two attached hydrogens (primary N) is 1. The van der Waals surface area contributed by atoms with Gasteiger partial charge in [0, 0.05) is 30.6 Å². The summed E-state index contributed by atoms with van der Waals surface area (Å²) in [6.45, 7) is 15.0. The molecule has 128 valence electrons. The summed E-state index contributed by atoms with van der Waals surface area (Å²) in [4.78, 5) is 27.7. The van der Waals surface area contributed by atoms with E-state index in [9.17, 15) is 9.59 Å². The molecular weight excluding hydrogens is 278 g/mol. The van der Waals surface area contributed by atoms with Gasteiger partial charge in [0.2, 0.25) is 11.8 Å². The van der Waals surface area contributed by atoms with Gasteiger partial charge in [0.25, 0.3) is 0 Å². The average Bonchev–Trinajstić information content (AvgIpc) is 2.35. The van der Waals surface area contributed by atoms with Gasteiger partial charge >= 0.3 is 0 Å². The van der Waals surface area contributed by atoms with E-state index in [1.165, 1.54) is 0 Å². The first-order valence-electron chi connectivity index (χ1n) is 8.24. The highest BCUT2D eigenvalue weighted by Crippen LogP contribution is 2.25. The highest BCUT2D eigenvalue weighted by Gasteiger charge is 2.32. The Balaban J connectivity index is 2.57. The summed E-state index contributed by atoms with van der Waals surface area (Å²) in [5.41, 5.74) is 4.99.